The van der Waals surface area contributed by atoms with Crippen molar-refractivity contribution in [1.82, 2.24) is 4.90 Å². The van der Waals surface area contributed by atoms with Crippen molar-refractivity contribution in [1.29, 1.82) is 0 Å². The minimum absolute atomic E-state index is 0.00463. The number of aliphatic carboxylic acids is 1. The van der Waals surface area contributed by atoms with E-state index in [2.05, 4.69) is 0 Å². The predicted octanol–water partition coefficient (Wildman–Crippen LogP) is 2.95. The summed E-state index contributed by atoms with van der Waals surface area (Å²) in [4.78, 5) is 26.8. The molecule has 0 atom stereocenters. The Labute approximate surface area is 123 Å². The second-order valence-electron chi connectivity index (χ2n) is 5.15. The molecule has 0 aliphatic heterocycles. The molecule has 1 aromatic heterocycles. The average molecular weight is 295 g/mol. The Morgan fingerprint density at radius 3 is 2.75 bits per heavy atom. The zero-order valence-electron chi connectivity index (χ0n) is 11.9. The Bertz CT molecular complexity index is 472. The summed E-state index contributed by atoms with van der Waals surface area (Å²) in [6, 6.07) is 2.02. The van der Waals surface area contributed by atoms with Gasteiger partial charge < -0.3 is 10.0 Å². The molecule has 1 heterocycles. The summed E-state index contributed by atoms with van der Waals surface area (Å²) in [6.07, 6.45) is 5.83. The molecule has 20 heavy (non-hydrogen) atoms. The summed E-state index contributed by atoms with van der Waals surface area (Å²) in [5.41, 5.74) is 1.32. The number of nitrogens with zero attached hydrogens (tertiary/aromatic N) is 1. The van der Waals surface area contributed by atoms with Crippen LogP contribution >= 0.6 is 11.3 Å². The maximum atomic E-state index is 12.4. The van der Waals surface area contributed by atoms with Crippen LogP contribution in [-0.2, 0) is 17.6 Å². The van der Waals surface area contributed by atoms with Gasteiger partial charge in [-0.1, -0.05) is 6.42 Å². The second-order valence-corrected chi connectivity index (χ2v) is 6.29. The number of carboxylic acids is 1. The fraction of sp³-hybridized carbons (Fsp3) is 0.600. The van der Waals surface area contributed by atoms with Crippen molar-refractivity contribution in [2.45, 2.75) is 45.4 Å². The molecule has 0 spiro atoms. The highest BCUT2D eigenvalue weighted by Crippen LogP contribution is 2.29. The van der Waals surface area contributed by atoms with Crippen LogP contribution in [0.2, 0.25) is 0 Å². The van der Waals surface area contributed by atoms with Crippen LogP contribution in [0.4, 0.5) is 0 Å². The Hall–Kier alpha value is -1.36. The lowest BCUT2D eigenvalue weighted by atomic mass is 10.1. The summed E-state index contributed by atoms with van der Waals surface area (Å²) in [5.74, 6) is -0.884. The largest absolute Gasteiger partial charge is 0.481 e. The molecule has 0 saturated heterocycles. The van der Waals surface area contributed by atoms with Gasteiger partial charge in [-0.05, 0) is 44.2 Å². The van der Waals surface area contributed by atoms with E-state index in [4.69, 9.17) is 5.11 Å². The second kappa shape index (κ2) is 6.88. The summed E-state index contributed by atoms with van der Waals surface area (Å²) in [7, 11) is 0. The summed E-state index contributed by atoms with van der Waals surface area (Å²) < 4.78 is 0. The van der Waals surface area contributed by atoms with Gasteiger partial charge in [0.05, 0.1) is 11.3 Å². The van der Waals surface area contributed by atoms with Crippen molar-refractivity contribution in [3.8, 4) is 0 Å². The molecule has 0 fully saturated rings. The smallest absolute Gasteiger partial charge is 0.305 e. The lowest BCUT2D eigenvalue weighted by molar-refractivity contribution is -0.137. The summed E-state index contributed by atoms with van der Waals surface area (Å²) >= 11 is 1.60. The molecular weight excluding hydrogens is 274 g/mol. The van der Waals surface area contributed by atoms with E-state index in [-0.39, 0.29) is 18.9 Å². The van der Waals surface area contributed by atoms with Gasteiger partial charge >= 0.3 is 5.97 Å². The molecule has 0 bridgehead atoms. The number of amides is 1. The number of thiophene rings is 1. The molecule has 0 unspecified atom stereocenters. The topological polar surface area (TPSA) is 57.6 Å². The van der Waals surface area contributed by atoms with E-state index >= 15 is 0 Å². The van der Waals surface area contributed by atoms with Crippen LogP contribution in [0.5, 0.6) is 0 Å². The van der Waals surface area contributed by atoms with E-state index < -0.39 is 5.97 Å². The molecule has 0 saturated carbocycles. The molecule has 110 valence electrons. The first-order chi connectivity index (χ1) is 9.61. The van der Waals surface area contributed by atoms with Gasteiger partial charge in [0.2, 0.25) is 0 Å². The third-order valence-electron chi connectivity index (χ3n) is 3.72. The van der Waals surface area contributed by atoms with Crippen molar-refractivity contribution < 1.29 is 14.7 Å². The van der Waals surface area contributed by atoms with Gasteiger partial charge in [0.15, 0.2) is 0 Å². The summed E-state index contributed by atoms with van der Waals surface area (Å²) in [5, 5.41) is 8.74. The summed E-state index contributed by atoms with van der Waals surface area (Å²) in [6.45, 7) is 2.72. The predicted molar refractivity (Wildman–Crippen MR) is 79.4 cm³/mol. The van der Waals surface area contributed by atoms with E-state index in [0.29, 0.717) is 6.54 Å². The Balaban J connectivity index is 2.09. The molecule has 1 aliphatic rings. The van der Waals surface area contributed by atoms with E-state index in [9.17, 15) is 9.59 Å². The number of carboxylic acid groups (broad SMARTS) is 1. The van der Waals surface area contributed by atoms with E-state index in [1.807, 2.05) is 13.0 Å². The third-order valence-corrected chi connectivity index (χ3v) is 4.95. The molecule has 1 aromatic rings. The van der Waals surface area contributed by atoms with Crippen molar-refractivity contribution >= 4 is 23.2 Å². The first-order valence-electron chi connectivity index (χ1n) is 7.24. The van der Waals surface area contributed by atoms with Crippen LogP contribution < -0.4 is 0 Å². The number of hydrogen-bond donors (Lipinski definition) is 1. The van der Waals surface area contributed by atoms with Gasteiger partial charge in [-0.2, -0.15) is 0 Å². The van der Waals surface area contributed by atoms with Gasteiger partial charge in [-0.3, -0.25) is 9.59 Å². The van der Waals surface area contributed by atoms with E-state index in [0.717, 1.165) is 17.7 Å². The molecule has 0 radical (unpaired) electrons. The van der Waals surface area contributed by atoms with Crippen LogP contribution in [0.25, 0.3) is 0 Å². The standard InChI is InChI=1S/C15H21NO3S/c1-2-16(9-8-14(17)18)15(19)13-10-11-6-4-3-5-7-12(11)20-13/h10H,2-9H2,1H3,(H,17,18). The molecule has 5 heteroatoms. The Morgan fingerprint density at radius 2 is 2.05 bits per heavy atom. The fourth-order valence-corrected chi connectivity index (χ4v) is 3.78. The van der Waals surface area contributed by atoms with E-state index in [1.54, 1.807) is 16.2 Å². The van der Waals surface area contributed by atoms with Crippen molar-refractivity contribution in [3.63, 3.8) is 0 Å². The van der Waals surface area contributed by atoms with Crippen LogP contribution in [-0.4, -0.2) is 35.0 Å². The van der Waals surface area contributed by atoms with Crippen molar-refractivity contribution in [2.75, 3.05) is 13.1 Å². The molecule has 2 rings (SSSR count). The maximum absolute atomic E-state index is 12.4. The SMILES string of the molecule is CCN(CCC(=O)O)C(=O)c1cc2c(s1)CCCCC2. The van der Waals surface area contributed by atoms with Crippen LogP contribution in [0.3, 0.4) is 0 Å². The minimum atomic E-state index is -0.863. The normalized spacial score (nSPS) is 14.4. The quantitative estimate of drug-likeness (QED) is 0.850. The highest BCUT2D eigenvalue weighted by atomic mass is 32.1. The van der Waals surface area contributed by atoms with Gasteiger partial charge in [0.1, 0.15) is 0 Å². The van der Waals surface area contributed by atoms with Gasteiger partial charge in [-0.25, -0.2) is 0 Å². The van der Waals surface area contributed by atoms with Crippen LogP contribution in [0.1, 0.15) is 52.7 Å². The Kier molecular flexibility index (Phi) is 5.17. The number of rotatable bonds is 5. The molecular formula is C15H21NO3S. The highest BCUT2D eigenvalue weighted by molar-refractivity contribution is 7.14. The van der Waals surface area contributed by atoms with Gasteiger partial charge in [-0.15, -0.1) is 11.3 Å². The number of fused-ring (bicyclic) bond motifs is 1. The number of carbonyl (C=O) groups excluding carboxylic acids is 1. The highest BCUT2D eigenvalue weighted by Gasteiger charge is 2.20. The zero-order valence-corrected chi connectivity index (χ0v) is 12.7. The number of hydrogen-bond acceptors (Lipinski definition) is 3. The monoisotopic (exact) mass is 295 g/mol. The van der Waals surface area contributed by atoms with Crippen molar-refractivity contribution in [2.24, 2.45) is 0 Å². The first-order valence-corrected chi connectivity index (χ1v) is 8.06. The molecule has 0 aromatic carbocycles. The average Bonchev–Trinajstić information content (AvgIpc) is 2.70. The lowest BCUT2D eigenvalue weighted by Crippen LogP contribution is -2.32. The van der Waals surface area contributed by atoms with Crippen LogP contribution in [0, 0.1) is 0 Å². The first kappa shape index (κ1) is 15.0. The van der Waals surface area contributed by atoms with Crippen molar-refractivity contribution in [3.05, 3.63) is 21.4 Å². The van der Waals surface area contributed by atoms with Crippen LogP contribution in [0.15, 0.2) is 6.07 Å². The molecule has 1 amide bonds. The zero-order chi connectivity index (χ0) is 14.5. The fourth-order valence-electron chi connectivity index (χ4n) is 2.56. The molecule has 1 aliphatic carbocycles. The van der Waals surface area contributed by atoms with E-state index in [1.165, 1.54) is 29.7 Å². The third kappa shape index (κ3) is 3.60. The van der Waals surface area contributed by atoms with Gasteiger partial charge in [0.25, 0.3) is 5.91 Å². The maximum Gasteiger partial charge on any atom is 0.305 e. The Morgan fingerprint density at radius 1 is 1.30 bits per heavy atom. The lowest BCUT2D eigenvalue weighted by Gasteiger charge is -2.18. The number of carbonyl (C=O) groups is 2. The molecule has 4 nitrogen and oxygen atoms in total. The minimum Gasteiger partial charge on any atom is -0.481 e. The number of aryl methyl sites for hydroxylation is 2. The van der Waals surface area contributed by atoms with Gasteiger partial charge in [0, 0.05) is 18.0 Å². The molecule has 1 N–H and O–H groups in total.